The van der Waals surface area contributed by atoms with Gasteiger partial charge in [0.05, 0.1) is 0 Å². The Kier molecular flexibility index (Phi) is 8.52. The monoisotopic (exact) mass is 416 g/mol. The Hall–Kier alpha value is -2.53. The highest BCUT2D eigenvalue weighted by atomic mass is 35.5. The van der Waals surface area contributed by atoms with Crippen LogP contribution in [0.1, 0.15) is 38.3 Å². The lowest BCUT2D eigenvalue weighted by atomic mass is 10.1. The number of hydrogen-bond donors (Lipinski definition) is 1. The second-order valence-corrected chi connectivity index (χ2v) is 7.68. The summed E-state index contributed by atoms with van der Waals surface area (Å²) in [7, 11) is 0. The molecular formula is C23H29ClN2O3. The molecule has 0 heterocycles. The molecule has 0 radical (unpaired) electrons. The summed E-state index contributed by atoms with van der Waals surface area (Å²) in [4.78, 5) is 27.2. The maximum absolute atomic E-state index is 13.0. The molecule has 0 fully saturated rings. The van der Waals surface area contributed by atoms with Gasteiger partial charge in [-0.25, -0.2) is 0 Å². The molecule has 0 aliphatic carbocycles. The number of nitrogens with one attached hydrogen (secondary N) is 1. The van der Waals surface area contributed by atoms with E-state index in [0.29, 0.717) is 17.3 Å². The SMILES string of the molecule is CC[C@H](C)NC(=O)[C@@H](C)N(Cc1cccc(C)c1)C(=O)COc1ccc(Cl)cc1. The molecule has 2 atom stereocenters. The zero-order valence-corrected chi connectivity index (χ0v) is 18.2. The van der Waals surface area contributed by atoms with Gasteiger partial charge in [-0.3, -0.25) is 9.59 Å². The summed E-state index contributed by atoms with van der Waals surface area (Å²) in [6.07, 6.45) is 0.823. The highest BCUT2D eigenvalue weighted by Gasteiger charge is 2.27. The fraction of sp³-hybridized carbons (Fsp3) is 0.391. The van der Waals surface area contributed by atoms with Crippen molar-refractivity contribution < 1.29 is 14.3 Å². The lowest BCUT2D eigenvalue weighted by molar-refractivity contribution is -0.142. The van der Waals surface area contributed by atoms with E-state index in [2.05, 4.69) is 5.32 Å². The minimum Gasteiger partial charge on any atom is -0.484 e. The van der Waals surface area contributed by atoms with Crippen LogP contribution in [0.4, 0.5) is 0 Å². The van der Waals surface area contributed by atoms with Crippen molar-refractivity contribution in [1.29, 1.82) is 0 Å². The largest absolute Gasteiger partial charge is 0.484 e. The van der Waals surface area contributed by atoms with Crippen LogP contribution < -0.4 is 10.1 Å². The van der Waals surface area contributed by atoms with E-state index >= 15 is 0 Å². The molecule has 2 amide bonds. The Morgan fingerprint density at radius 2 is 1.83 bits per heavy atom. The number of nitrogens with zero attached hydrogens (tertiary/aromatic N) is 1. The van der Waals surface area contributed by atoms with Crippen molar-refractivity contribution in [1.82, 2.24) is 10.2 Å². The summed E-state index contributed by atoms with van der Waals surface area (Å²) in [6, 6.07) is 14.2. The van der Waals surface area contributed by atoms with Crippen LogP contribution in [0, 0.1) is 6.92 Å². The van der Waals surface area contributed by atoms with Gasteiger partial charge in [-0.2, -0.15) is 0 Å². The number of amides is 2. The van der Waals surface area contributed by atoms with Crippen molar-refractivity contribution in [3.63, 3.8) is 0 Å². The summed E-state index contributed by atoms with van der Waals surface area (Å²) >= 11 is 5.88. The highest BCUT2D eigenvalue weighted by molar-refractivity contribution is 6.30. The third-order valence-corrected chi connectivity index (χ3v) is 5.03. The van der Waals surface area contributed by atoms with Crippen LogP contribution in [0.5, 0.6) is 5.75 Å². The first kappa shape index (κ1) is 22.8. The summed E-state index contributed by atoms with van der Waals surface area (Å²) in [5.41, 5.74) is 2.07. The Morgan fingerprint density at radius 1 is 1.14 bits per heavy atom. The zero-order chi connectivity index (χ0) is 21.4. The van der Waals surface area contributed by atoms with Crippen molar-refractivity contribution in [2.75, 3.05) is 6.61 Å². The Labute approximate surface area is 178 Å². The predicted molar refractivity (Wildman–Crippen MR) is 116 cm³/mol. The maximum Gasteiger partial charge on any atom is 0.261 e. The smallest absolute Gasteiger partial charge is 0.261 e. The number of benzene rings is 2. The van der Waals surface area contributed by atoms with Crippen LogP contribution in [0.15, 0.2) is 48.5 Å². The van der Waals surface area contributed by atoms with Gasteiger partial charge in [-0.05, 0) is 57.0 Å². The molecule has 156 valence electrons. The van der Waals surface area contributed by atoms with E-state index in [9.17, 15) is 9.59 Å². The lowest BCUT2D eigenvalue weighted by Crippen LogP contribution is -2.50. The van der Waals surface area contributed by atoms with Gasteiger partial charge in [0.2, 0.25) is 5.91 Å². The van der Waals surface area contributed by atoms with E-state index in [-0.39, 0.29) is 24.5 Å². The molecule has 0 bridgehead atoms. The van der Waals surface area contributed by atoms with E-state index in [4.69, 9.17) is 16.3 Å². The highest BCUT2D eigenvalue weighted by Crippen LogP contribution is 2.17. The summed E-state index contributed by atoms with van der Waals surface area (Å²) in [5, 5.41) is 3.55. The average molecular weight is 417 g/mol. The number of hydrogen-bond acceptors (Lipinski definition) is 3. The van der Waals surface area contributed by atoms with Crippen molar-refractivity contribution >= 4 is 23.4 Å². The van der Waals surface area contributed by atoms with Crippen LogP contribution in [0.2, 0.25) is 5.02 Å². The Balaban J connectivity index is 2.14. The molecule has 0 saturated carbocycles. The van der Waals surface area contributed by atoms with Crippen molar-refractivity contribution in [2.24, 2.45) is 0 Å². The first-order valence-electron chi connectivity index (χ1n) is 9.84. The number of aryl methyl sites for hydroxylation is 1. The molecule has 6 heteroatoms. The van der Waals surface area contributed by atoms with Gasteiger partial charge in [-0.1, -0.05) is 48.4 Å². The fourth-order valence-corrected chi connectivity index (χ4v) is 2.94. The van der Waals surface area contributed by atoms with Crippen LogP contribution in [-0.2, 0) is 16.1 Å². The lowest BCUT2D eigenvalue weighted by Gasteiger charge is -2.29. The first-order valence-corrected chi connectivity index (χ1v) is 10.2. The second-order valence-electron chi connectivity index (χ2n) is 7.25. The van der Waals surface area contributed by atoms with E-state index in [1.165, 1.54) is 0 Å². The predicted octanol–water partition coefficient (Wildman–Crippen LogP) is 4.36. The maximum atomic E-state index is 13.0. The standard InChI is InChI=1S/C23H29ClN2O3/c1-5-17(3)25-23(28)18(4)26(14-19-8-6-7-16(2)13-19)22(27)15-29-21-11-9-20(24)10-12-21/h6-13,17-18H,5,14-15H2,1-4H3,(H,25,28)/t17-,18+/m0/s1. The normalized spacial score (nSPS) is 12.7. The van der Waals surface area contributed by atoms with Gasteiger partial charge >= 0.3 is 0 Å². The first-order chi connectivity index (χ1) is 13.8. The van der Waals surface area contributed by atoms with Crippen molar-refractivity contribution in [3.8, 4) is 5.75 Å². The second kappa shape index (κ2) is 10.9. The van der Waals surface area contributed by atoms with Crippen molar-refractivity contribution in [3.05, 3.63) is 64.7 Å². The molecule has 0 aliphatic heterocycles. The van der Waals surface area contributed by atoms with Crippen LogP contribution in [0.25, 0.3) is 0 Å². The molecule has 29 heavy (non-hydrogen) atoms. The van der Waals surface area contributed by atoms with E-state index < -0.39 is 6.04 Å². The average Bonchev–Trinajstić information content (AvgIpc) is 2.70. The summed E-state index contributed by atoms with van der Waals surface area (Å²) in [6.45, 7) is 7.87. The minimum atomic E-state index is -0.620. The quantitative estimate of drug-likeness (QED) is 0.660. The molecule has 0 aromatic heterocycles. The summed E-state index contributed by atoms with van der Waals surface area (Å²) < 4.78 is 5.62. The molecule has 2 aromatic rings. The zero-order valence-electron chi connectivity index (χ0n) is 17.4. The molecule has 5 nitrogen and oxygen atoms in total. The Morgan fingerprint density at radius 3 is 2.45 bits per heavy atom. The fourth-order valence-electron chi connectivity index (χ4n) is 2.81. The molecule has 0 unspecified atom stereocenters. The number of carbonyl (C=O) groups excluding carboxylic acids is 2. The number of carbonyl (C=O) groups is 2. The van der Waals surface area contributed by atoms with Gasteiger partial charge < -0.3 is 15.0 Å². The Bertz CT molecular complexity index is 823. The van der Waals surface area contributed by atoms with Gasteiger partial charge in [0.15, 0.2) is 6.61 Å². The molecule has 1 N–H and O–H groups in total. The number of halogens is 1. The van der Waals surface area contributed by atoms with Gasteiger partial charge in [0.1, 0.15) is 11.8 Å². The molecule has 2 aromatic carbocycles. The van der Waals surface area contributed by atoms with Crippen LogP contribution in [0.3, 0.4) is 0 Å². The molecule has 0 spiro atoms. The third-order valence-electron chi connectivity index (χ3n) is 4.78. The van der Waals surface area contributed by atoms with E-state index in [1.807, 2.05) is 45.0 Å². The number of rotatable bonds is 9. The molecule has 0 saturated heterocycles. The molecule has 2 rings (SSSR count). The number of ether oxygens (including phenoxy) is 1. The van der Waals surface area contributed by atoms with Gasteiger partial charge in [-0.15, -0.1) is 0 Å². The third kappa shape index (κ3) is 7.09. The van der Waals surface area contributed by atoms with Crippen LogP contribution >= 0.6 is 11.6 Å². The molecular weight excluding hydrogens is 388 g/mol. The van der Waals surface area contributed by atoms with Gasteiger partial charge in [0.25, 0.3) is 5.91 Å². The van der Waals surface area contributed by atoms with E-state index in [0.717, 1.165) is 17.5 Å². The van der Waals surface area contributed by atoms with Crippen LogP contribution in [-0.4, -0.2) is 35.4 Å². The summed E-state index contributed by atoms with van der Waals surface area (Å²) in [5.74, 6) is 0.120. The molecule has 0 aliphatic rings. The topological polar surface area (TPSA) is 58.6 Å². The van der Waals surface area contributed by atoms with E-state index in [1.54, 1.807) is 36.1 Å². The van der Waals surface area contributed by atoms with Crippen molar-refractivity contribution in [2.45, 2.75) is 52.7 Å². The minimum absolute atomic E-state index is 0.0474. The van der Waals surface area contributed by atoms with Gasteiger partial charge in [0, 0.05) is 17.6 Å².